The maximum Gasteiger partial charge on any atom is 0.221 e. The molecule has 0 aromatic heterocycles. The van der Waals surface area contributed by atoms with Gasteiger partial charge in [-0.15, -0.1) is 0 Å². The maximum absolute atomic E-state index is 12.9. The number of hydrogen-bond donors (Lipinski definition) is 1. The van der Waals surface area contributed by atoms with Crippen LogP contribution in [0.1, 0.15) is 12.5 Å². The van der Waals surface area contributed by atoms with Gasteiger partial charge in [0.1, 0.15) is 5.82 Å². The largest absolute Gasteiger partial charge is 0.326 e. The highest BCUT2D eigenvalue weighted by atomic mass is 79.9. The Morgan fingerprint density at radius 3 is 2.69 bits per heavy atom. The van der Waals surface area contributed by atoms with E-state index in [9.17, 15) is 9.18 Å². The number of anilines is 1. The van der Waals surface area contributed by atoms with Gasteiger partial charge in [0.2, 0.25) is 5.91 Å². The third-order valence-electron chi connectivity index (χ3n) is 1.58. The van der Waals surface area contributed by atoms with Gasteiger partial charge in [0.05, 0.1) is 4.47 Å². The zero-order valence-electron chi connectivity index (χ0n) is 7.32. The molecule has 0 bridgehead atoms. The van der Waals surface area contributed by atoms with Crippen LogP contribution in [0.15, 0.2) is 16.6 Å². The lowest BCUT2D eigenvalue weighted by atomic mass is 10.2. The second-order valence-corrected chi connectivity index (χ2v) is 3.62. The Labute approximate surface area is 84.3 Å². The highest BCUT2D eigenvalue weighted by Crippen LogP contribution is 2.23. The van der Waals surface area contributed by atoms with Crippen molar-refractivity contribution in [2.75, 3.05) is 5.32 Å². The average molecular weight is 246 g/mol. The van der Waals surface area contributed by atoms with E-state index in [0.29, 0.717) is 15.7 Å². The number of nitrogens with one attached hydrogen (secondary N) is 1. The highest BCUT2D eigenvalue weighted by molar-refractivity contribution is 9.10. The Bertz CT molecular complexity index is 352. The minimum absolute atomic E-state index is 0.165. The summed E-state index contributed by atoms with van der Waals surface area (Å²) in [5.41, 5.74) is 1.33. The van der Waals surface area contributed by atoms with E-state index >= 15 is 0 Å². The van der Waals surface area contributed by atoms with Crippen LogP contribution in [-0.4, -0.2) is 5.91 Å². The first-order chi connectivity index (χ1) is 6.00. The minimum Gasteiger partial charge on any atom is -0.326 e. The van der Waals surface area contributed by atoms with E-state index in [2.05, 4.69) is 21.2 Å². The molecule has 0 spiro atoms. The number of benzene rings is 1. The number of rotatable bonds is 1. The van der Waals surface area contributed by atoms with Gasteiger partial charge in [0.25, 0.3) is 0 Å². The summed E-state index contributed by atoms with van der Waals surface area (Å²) in [6, 6.07) is 2.92. The van der Waals surface area contributed by atoms with Crippen molar-refractivity contribution < 1.29 is 9.18 Å². The Balaban J connectivity index is 3.08. The van der Waals surface area contributed by atoms with Gasteiger partial charge in [0.15, 0.2) is 0 Å². The van der Waals surface area contributed by atoms with Crippen molar-refractivity contribution in [3.63, 3.8) is 0 Å². The van der Waals surface area contributed by atoms with Crippen LogP contribution in [0.25, 0.3) is 0 Å². The molecule has 70 valence electrons. The smallest absolute Gasteiger partial charge is 0.221 e. The molecule has 1 N–H and O–H groups in total. The molecule has 0 radical (unpaired) electrons. The van der Waals surface area contributed by atoms with E-state index in [1.165, 1.54) is 13.0 Å². The van der Waals surface area contributed by atoms with Crippen LogP contribution in [0.4, 0.5) is 10.1 Å². The Morgan fingerprint density at radius 1 is 1.54 bits per heavy atom. The van der Waals surface area contributed by atoms with Crippen LogP contribution in [-0.2, 0) is 4.79 Å². The van der Waals surface area contributed by atoms with Crippen molar-refractivity contribution in [1.29, 1.82) is 0 Å². The molecule has 13 heavy (non-hydrogen) atoms. The summed E-state index contributed by atoms with van der Waals surface area (Å²) in [5, 5.41) is 2.61. The molecule has 0 atom stereocenters. The minimum atomic E-state index is -0.327. The number of aryl methyl sites for hydroxylation is 1. The van der Waals surface area contributed by atoms with Crippen molar-refractivity contribution in [3.8, 4) is 0 Å². The Hall–Kier alpha value is -0.900. The van der Waals surface area contributed by atoms with E-state index in [1.807, 2.05) is 0 Å². The predicted molar refractivity (Wildman–Crippen MR) is 53.1 cm³/mol. The standard InChI is InChI=1S/C9H9BrFNO/c1-5-3-8(11)7(10)4-9(5)12-6(2)13/h3-4H,1-2H3,(H,12,13). The fourth-order valence-corrected chi connectivity index (χ4v) is 1.31. The molecular weight excluding hydrogens is 237 g/mol. The Morgan fingerprint density at radius 2 is 2.15 bits per heavy atom. The molecule has 0 saturated carbocycles. The van der Waals surface area contributed by atoms with E-state index < -0.39 is 0 Å². The molecule has 1 aromatic rings. The topological polar surface area (TPSA) is 29.1 Å². The molecule has 0 aliphatic rings. The van der Waals surface area contributed by atoms with Gasteiger partial charge in [0, 0.05) is 12.6 Å². The summed E-state index contributed by atoms with van der Waals surface area (Å²) < 4.78 is 13.3. The molecule has 0 heterocycles. The zero-order valence-corrected chi connectivity index (χ0v) is 8.90. The van der Waals surface area contributed by atoms with E-state index in [4.69, 9.17) is 0 Å². The first-order valence-electron chi connectivity index (χ1n) is 3.74. The van der Waals surface area contributed by atoms with Crippen LogP contribution in [0, 0.1) is 12.7 Å². The molecule has 2 nitrogen and oxygen atoms in total. The summed E-state index contributed by atoms with van der Waals surface area (Å²) in [6.45, 7) is 3.15. The molecule has 0 aliphatic carbocycles. The molecule has 1 rings (SSSR count). The lowest BCUT2D eigenvalue weighted by Gasteiger charge is -2.07. The maximum atomic E-state index is 12.9. The van der Waals surface area contributed by atoms with Gasteiger partial charge in [-0.2, -0.15) is 0 Å². The van der Waals surface area contributed by atoms with Crippen molar-refractivity contribution in [1.82, 2.24) is 0 Å². The van der Waals surface area contributed by atoms with Crippen LogP contribution < -0.4 is 5.32 Å². The van der Waals surface area contributed by atoms with Gasteiger partial charge in [-0.3, -0.25) is 4.79 Å². The lowest BCUT2D eigenvalue weighted by Crippen LogP contribution is -2.07. The fourth-order valence-electron chi connectivity index (χ4n) is 0.971. The van der Waals surface area contributed by atoms with Crippen molar-refractivity contribution >= 4 is 27.5 Å². The van der Waals surface area contributed by atoms with Gasteiger partial charge in [-0.25, -0.2) is 4.39 Å². The first-order valence-corrected chi connectivity index (χ1v) is 4.53. The van der Waals surface area contributed by atoms with Crippen LogP contribution >= 0.6 is 15.9 Å². The van der Waals surface area contributed by atoms with Crippen LogP contribution in [0.2, 0.25) is 0 Å². The average Bonchev–Trinajstić information content (AvgIpc) is 1.99. The quantitative estimate of drug-likeness (QED) is 0.810. The SMILES string of the molecule is CC(=O)Nc1cc(Br)c(F)cc1C. The third kappa shape index (κ3) is 2.52. The van der Waals surface area contributed by atoms with E-state index in [-0.39, 0.29) is 11.7 Å². The summed E-state index contributed by atoms with van der Waals surface area (Å²) in [4.78, 5) is 10.7. The number of carbonyl (C=O) groups excluding carboxylic acids is 1. The van der Waals surface area contributed by atoms with E-state index in [0.717, 1.165) is 0 Å². The normalized spacial score (nSPS) is 9.85. The van der Waals surface area contributed by atoms with E-state index in [1.54, 1.807) is 13.0 Å². The molecule has 1 amide bonds. The summed E-state index contributed by atoms with van der Waals surface area (Å²) >= 11 is 3.04. The molecular formula is C9H9BrFNO. The first kappa shape index (κ1) is 10.2. The molecule has 1 aromatic carbocycles. The summed E-state index contributed by atoms with van der Waals surface area (Å²) in [6.07, 6.45) is 0. The molecule has 0 fully saturated rings. The lowest BCUT2D eigenvalue weighted by molar-refractivity contribution is -0.114. The number of halogens is 2. The van der Waals surface area contributed by atoms with Crippen molar-refractivity contribution in [2.45, 2.75) is 13.8 Å². The van der Waals surface area contributed by atoms with Gasteiger partial charge in [-0.05, 0) is 40.5 Å². The molecule has 0 aliphatic heterocycles. The second kappa shape index (κ2) is 3.87. The fraction of sp³-hybridized carbons (Fsp3) is 0.222. The molecule has 4 heteroatoms. The van der Waals surface area contributed by atoms with Gasteiger partial charge < -0.3 is 5.32 Å². The van der Waals surface area contributed by atoms with Crippen molar-refractivity contribution in [3.05, 3.63) is 28.0 Å². The zero-order chi connectivity index (χ0) is 10.0. The summed E-state index contributed by atoms with van der Waals surface area (Å²) in [7, 11) is 0. The predicted octanol–water partition coefficient (Wildman–Crippen LogP) is 2.86. The monoisotopic (exact) mass is 245 g/mol. The second-order valence-electron chi connectivity index (χ2n) is 2.76. The highest BCUT2D eigenvalue weighted by Gasteiger charge is 2.05. The number of carbonyl (C=O) groups is 1. The number of amides is 1. The van der Waals surface area contributed by atoms with Crippen LogP contribution in [0.3, 0.4) is 0 Å². The summed E-state index contributed by atoms with van der Waals surface area (Å²) in [5.74, 6) is -0.492. The van der Waals surface area contributed by atoms with Crippen LogP contribution in [0.5, 0.6) is 0 Å². The van der Waals surface area contributed by atoms with Crippen molar-refractivity contribution in [2.24, 2.45) is 0 Å². The number of hydrogen-bond acceptors (Lipinski definition) is 1. The third-order valence-corrected chi connectivity index (χ3v) is 2.19. The van der Waals surface area contributed by atoms with Gasteiger partial charge in [-0.1, -0.05) is 0 Å². The molecule has 0 saturated heterocycles. The Kier molecular flexibility index (Phi) is 3.03. The van der Waals surface area contributed by atoms with Gasteiger partial charge >= 0.3 is 0 Å². The molecule has 0 unspecified atom stereocenters.